The van der Waals surface area contributed by atoms with Gasteiger partial charge in [-0.3, -0.25) is 18.9 Å². The first-order valence-electron chi connectivity index (χ1n) is 8.26. The van der Waals surface area contributed by atoms with E-state index in [0.29, 0.717) is 17.7 Å². The van der Waals surface area contributed by atoms with Crippen LogP contribution in [0.15, 0.2) is 60.0 Å². The van der Waals surface area contributed by atoms with Crippen LogP contribution in [0.2, 0.25) is 0 Å². The van der Waals surface area contributed by atoms with Crippen LogP contribution in [0.25, 0.3) is 5.52 Å². The maximum Gasteiger partial charge on any atom is 0.261 e. The molecule has 0 radical (unpaired) electrons. The molecule has 0 unspecified atom stereocenters. The molecule has 5 nitrogen and oxygen atoms in total. The second-order valence-electron chi connectivity index (χ2n) is 5.90. The number of benzene rings is 1. The highest BCUT2D eigenvalue weighted by molar-refractivity contribution is 7.99. The minimum atomic E-state index is -0.174. The van der Waals surface area contributed by atoms with Crippen molar-refractivity contribution in [2.75, 3.05) is 12.3 Å². The minimum absolute atomic E-state index is 0.174. The highest BCUT2D eigenvalue weighted by Gasteiger charge is 2.34. The van der Waals surface area contributed by atoms with Gasteiger partial charge in [-0.2, -0.15) is 0 Å². The largest absolute Gasteiger partial charge is 0.295 e. The maximum atomic E-state index is 12.3. The van der Waals surface area contributed by atoms with Crippen molar-refractivity contribution < 1.29 is 9.59 Å². The number of thioether (sulfide) groups is 1. The van der Waals surface area contributed by atoms with E-state index in [1.807, 2.05) is 30.6 Å². The van der Waals surface area contributed by atoms with Crippen LogP contribution in [-0.2, 0) is 0 Å². The Labute approximate surface area is 149 Å². The Morgan fingerprint density at radius 2 is 1.64 bits per heavy atom. The first-order chi connectivity index (χ1) is 12.3. The molecular weight excluding hydrogens is 334 g/mol. The van der Waals surface area contributed by atoms with Crippen molar-refractivity contribution in [3.8, 4) is 0 Å². The van der Waals surface area contributed by atoms with Gasteiger partial charge in [0.05, 0.1) is 22.8 Å². The number of fused-ring (bicyclic) bond motifs is 2. The highest BCUT2D eigenvalue weighted by Crippen LogP contribution is 2.23. The zero-order valence-corrected chi connectivity index (χ0v) is 14.4. The molecular formula is C19H17N3O2S. The summed E-state index contributed by atoms with van der Waals surface area (Å²) in [6.07, 6.45) is 5.58. The number of carbonyl (C=O) groups is 2. The van der Waals surface area contributed by atoms with Gasteiger partial charge in [0, 0.05) is 18.5 Å². The van der Waals surface area contributed by atoms with Crippen LogP contribution in [0.5, 0.6) is 0 Å². The average Bonchev–Trinajstić information content (AvgIpc) is 3.16. The number of nitrogens with zero attached hydrogens (tertiary/aromatic N) is 3. The molecule has 0 fully saturated rings. The van der Waals surface area contributed by atoms with E-state index in [1.165, 1.54) is 4.90 Å². The number of rotatable bonds is 6. The molecule has 126 valence electrons. The van der Waals surface area contributed by atoms with Gasteiger partial charge in [-0.1, -0.05) is 30.0 Å². The number of imide groups is 1. The van der Waals surface area contributed by atoms with Crippen LogP contribution in [0.1, 0.15) is 33.6 Å². The van der Waals surface area contributed by atoms with Crippen molar-refractivity contribution in [3.63, 3.8) is 0 Å². The molecule has 0 saturated carbocycles. The van der Waals surface area contributed by atoms with Crippen LogP contribution >= 0.6 is 11.8 Å². The van der Waals surface area contributed by atoms with E-state index in [4.69, 9.17) is 0 Å². The van der Waals surface area contributed by atoms with Gasteiger partial charge in [0.25, 0.3) is 11.8 Å². The number of unbranched alkanes of at least 4 members (excludes halogenated alkanes) is 1. The standard InChI is InChI=1S/C19H17N3O2S/c23-17-15-8-1-2-9-16(15)18(24)22(17)11-5-6-12-25-19-20-13-14-7-3-4-10-21(14)19/h1-4,7-10,13H,5-6,11-12H2. The number of imidazole rings is 1. The van der Waals surface area contributed by atoms with Crippen molar-refractivity contribution in [2.24, 2.45) is 0 Å². The lowest BCUT2D eigenvalue weighted by Crippen LogP contribution is -2.30. The summed E-state index contributed by atoms with van der Waals surface area (Å²) in [5.74, 6) is 0.553. The van der Waals surface area contributed by atoms with Crippen LogP contribution in [-0.4, -0.2) is 38.4 Å². The van der Waals surface area contributed by atoms with Crippen LogP contribution in [0.4, 0.5) is 0 Å². The Balaban J connectivity index is 1.29. The van der Waals surface area contributed by atoms with Crippen molar-refractivity contribution in [1.82, 2.24) is 14.3 Å². The van der Waals surface area contributed by atoms with E-state index in [2.05, 4.69) is 9.38 Å². The van der Waals surface area contributed by atoms with Gasteiger partial charge in [-0.25, -0.2) is 4.98 Å². The molecule has 1 aliphatic heterocycles. The molecule has 3 heterocycles. The van der Waals surface area contributed by atoms with Crippen LogP contribution < -0.4 is 0 Å². The summed E-state index contributed by atoms with van der Waals surface area (Å²) in [5.41, 5.74) is 2.12. The van der Waals surface area contributed by atoms with Gasteiger partial charge >= 0.3 is 0 Å². The second kappa shape index (κ2) is 6.72. The molecule has 25 heavy (non-hydrogen) atoms. The lowest BCUT2D eigenvalue weighted by molar-refractivity contribution is 0.0652. The Morgan fingerprint density at radius 1 is 0.920 bits per heavy atom. The summed E-state index contributed by atoms with van der Waals surface area (Å²) < 4.78 is 2.06. The quantitative estimate of drug-likeness (QED) is 0.387. The van der Waals surface area contributed by atoms with Crippen LogP contribution in [0, 0.1) is 0 Å². The molecule has 0 atom stereocenters. The van der Waals surface area contributed by atoms with E-state index in [9.17, 15) is 9.59 Å². The molecule has 1 aromatic carbocycles. The number of carbonyl (C=O) groups excluding carboxylic acids is 2. The predicted octanol–water partition coefficient (Wildman–Crippen LogP) is 3.50. The smallest absolute Gasteiger partial charge is 0.261 e. The van der Waals surface area contributed by atoms with Gasteiger partial charge in [0.1, 0.15) is 0 Å². The van der Waals surface area contributed by atoms with Crippen molar-refractivity contribution in [1.29, 1.82) is 0 Å². The first-order valence-corrected chi connectivity index (χ1v) is 9.24. The molecule has 0 spiro atoms. The lowest BCUT2D eigenvalue weighted by atomic mass is 10.1. The third-order valence-corrected chi connectivity index (χ3v) is 5.34. The van der Waals surface area contributed by atoms with Crippen molar-refractivity contribution in [3.05, 3.63) is 66.0 Å². The van der Waals surface area contributed by atoms with Gasteiger partial charge in [-0.15, -0.1) is 0 Å². The summed E-state index contributed by atoms with van der Waals surface area (Å²) >= 11 is 1.69. The summed E-state index contributed by atoms with van der Waals surface area (Å²) in [6.45, 7) is 0.467. The molecule has 0 bridgehead atoms. The molecule has 0 aliphatic carbocycles. The Morgan fingerprint density at radius 3 is 2.40 bits per heavy atom. The minimum Gasteiger partial charge on any atom is -0.295 e. The number of amides is 2. The Hall–Kier alpha value is -2.60. The molecule has 3 aromatic rings. The molecule has 2 amide bonds. The van der Waals surface area contributed by atoms with Gasteiger partial charge in [-0.05, 0) is 37.1 Å². The molecule has 0 saturated heterocycles. The summed E-state index contributed by atoms with van der Waals surface area (Å²) in [6, 6.07) is 13.0. The molecule has 1 aliphatic rings. The highest BCUT2D eigenvalue weighted by atomic mass is 32.2. The maximum absolute atomic E-state index is 12.3. The molecule has 0 N–H and O–H groups in total. The van der Waals surface area contributed by atoms with Crippen LogP contribution in [0.3, 0.4) is 0 Å². The van der Waals surface area contributed by atoms with Crippen molar-refractivity contribution in [2.45, 2.75) is 18.0 Å². The van der Waals surface area contributed by atoms with E-state index in [1.54, 1.807) is 36.0 Å². The third kappa shape index (κ3) is 2.93. The van der Waals surface area contributed by atoms with Gasteiger partial charge < -0.3 is 0 Å². The fraction of sp³-hybridized carbons (Fsp3) is 0.211. The van der Waals surface area contributed by atoms with Crippen molar-refractivity contribution >= 4 is 29.1 Å². The Bertz CT molecular complexity index is 916. The molecule has 2 aromatic heterocycles. The monoisotopic (exact) mass is 351 g/mol. The average molecular weight is 351 g/mol. The summed E-state index contributed by atoms with van der Waals surface area (Å²) in [5, 5.41) is 0.969. The summed E-state index contributed by atoms with van der Waals surface area (Å²) in [4.78, 5) is 30.4. The second-order valence-corrected chi connectivity index (χ2v) is 6.96. The Kier molecular flexibility index (Phi) is 4.28. The van der Waals surface area contributed by atoms with Gasteiger partial charge in [0.15, 0.2) is 5.16 Å². The fourth-order valence-corrected chi connectivity index (χ4v) is 3.97. The number of hydrogen-bond acceptors (Lipinski definition) is 4. The number of hydrogen-bond donors (Lipinski definition) is 0. The number of aromatic nitrogens is 2. The zero-order chi connectivity index (χ0) is 17.2. The zero-order valence-electron chi connectivity index (χ0n) is 13.6. The van der Waals surface area contributed by atoms with E-state index in [-0.39, 0.29) is 11.8 Å². The topological polar surface area (TPSA) is 54.7 Å². The van der Waals surface area contributed by atoms with E-state index < -0.39 is 0 Å². The predicted molar refractivity (Wildman–Crippen MR) is 97.0 cm³/mol. The van der Waals surface area contributed by atoms with Gasteiger partial charge in [0.2, 0.25) is 0 Å². The SMILES string of the molecule is O=C1c2ccccc2C(=O)N1CCCCSc1ncc2ccccn12. The third-order valence-electron chi connectivity index (χ3n) is 4.29. The molecule has 4 rings (SSSR count). The first kappa shape index (κ1) is 15.9. The fourth-order valence-electron chi connectivity index (χ4n) is 3.00. The normalized spacial score (nSPS) is 13.7. The molecule has 6 heteroatoms. The van der Waals surface area contributed by atoms with E-state index in [0.717, 1.165) is 29.3 Å². The summed E-state index contributed by atoms with van der Waals surface area (Å²) in [7, 11) is 0. The lowest BCUT2D eigenvalue weighted by Gasteiger charge is -2.13. The van der Waals surface area contributed by atoms with E-state index >= 15 is 0 Å². The number of pyridine rings is 1.